The summed E-state index contributed by atoms with van der Waals surface area (Å²) < 4.78 is 7.33. The average Bonchev–Trinajstić information content (AvgIpc) is 3.36. The van der Waals surface area contributed by atoms with Crippen molar-refractivity contribution in [2.75, 3.05) is 31.3 Å². The van der Waals surface area contributed by atoms with Gasteiger partial charge in [-0.05, 0) is 52.4 Å². The number of hydrogen-bond acceptors (Lipinski definition) is 11. The maximum Gasteiger partial charge on any atom is 0.391 e. The van der Waals surface area contributed by atoms with Gasteiger partial charge in [0.1, 0.15) is 36.9 Å². The standard InChI is InChI=1S/C31H30ClN11O5/c1-41-24(30(42(46)47)40-31(41)28(33)45)16-43(2,3)12-6-8-27(44)39-26-14-21-23(15-35-26)36-18-37-29(21)38-19-9-10-25(22(32)13-19)48-17-20-7-4-5-11-34-20/h4-11,13-15,18H,12,16-17H2,1-3H3,(H3-,33,35,36,37,38,39,40,44,45)/p+1/b8-6+. The minimum Gasteiger partial charge on any atom is -0.486 e. The summed E-state index contributed by atoms with van der Waals surface area (Å²) in [6.45, 7) is 0.740. The number of halogens is 1. The monoisotopic (exact) mass is 672 g/mol. The largest absolute Gasteiger partial charge is 0.486 e. The normalized spacial score (nSPS) is 11.5. The molecule has 246 valence electrons. The number of benzene rings is 1. The molecule has 0 aliphatic carbocycles. The fraction of sp³-hybridized carbons (Fsp3) is 0.194. The number of rotatable bonds is 13. The Bertz CT molecular complexity index is 2030. The summed E-state index contributed by atoms with van der Waals surface area (Å²) in [5, 5.41) is 18.5. The molecule has 0 unspecified atom stereocenters. The van der Waals surface area contributed by atoms with Crippen molar-refractivity contribution in [1.82, 2.24) is 29.5 Å². The number of carbonyl (C=O) groups is 2. The number of primary amides is 1. The minimum atomic E-state index is -0.869. The average molecular weight is 673 g/mol. The fourth-order valence-corrected chi connectivity index (χ4v) is 4.97. The Kier molecular flexibility index (Phi) is 9.86. The first-order valence-electron chi connectivity index (χ1n) is 14.4. The second-order valence-electron chi connectivity index (χ2n) is 11.2. The van der Waals surface area contributed by atoms with E-state index in [0.29, 0.717) is 39.7 Å². The third-order valence-corrected chi connectivity index (χ3v) is 7.40. The van der Waals surface area contributed by atoms with Gasteiger partial charge >= 0.3 is 17.5 Å². The number of fused-ring (bicyclic) bond motifs is 1. The molecule has 0 saturated heterocycles. The van der Waals surface area contributed by atoms with E-state index in [9.17, 15) is 19.7 Å². The highest BCUT2D eigenvalue weighted by atomic mass is 35.5. The van der Waals surface area contributed by atoms with Crippen molar-refractivity contribution in [3.63, 3.8) is 0 Å². The van der Waals surface area contributed by atoms with Gasteiger partial charge in [-0.25, -0.2) is 15.0 Å². The van der Waals surface area contributed by atoms with Gasteiger partial charge in [-0.1, -0.05) is 17.7 Å². The van der Waals surface area contributed by atoms with Gasteiger partial charge in [-0.2, -0.15) is 0 Å². The molecule has 0 radical (unpaired) electrons. The van der Waals surface area contributed by atoms with E-state index in [-0.39, 0.29) is 35.0 Å². The Hall–Kier alpha value is -6.00. The molecule has 2 amide bonds. The first-order valence-corrected chi connectivity index (χ1v) is 14.8. The van der Waals surface area contributed by atoms with Crippen LogP contribution in [0, 0.1) is 10.1 Å². The molecule has 1 aromatic carbocycles. The molecule has 48 heavy (non-hydrogen) atoms. The van der Waals surface area contributed by atoms with Crippen LogP contribution in [-0.4, -0.2) is 71.3 Å². The van der Waals surface area contributed by atoms with Crippen LogP contribution in [0.15, 0.2) is 73.3 Å². The second-order valence-corrected chi connectivity index (χ2v) is 11.7. The van der Waals surface area contributed by atoms with Crippen molar-refractivity contribution in [1.29, 1.82) is 0 Å². The zero-order chi connectivity index (χ0) is 34.4. The van der Waals surface area contributed by atoms with E-state index in [2.05, 4.69) is 35.6 Å². The molecule has 0 fully saturated rings. The number of quaternary nitrogens is 1. The van der Waals surface area contributed by atoms with Crippen LogP contribution in [0.2, 0.25) is 5.02 Å². The van der Waals surface area contributed by atoms with Crippen LogP contribution in [0.4, 0.5) is 23.1 Å². The number of anilines is 3. The molecule has 0 bridgehead atoms. The lowest BCUT2D eigenvalue weighted by molar-refractivity contribution is -0.898. The summed E-state index contributed by atoms with van der Waals surface area (Å²) >= 11 is 6.48. The van der Waals surface area contributed by atoms with E-state index in [0.717, 1.165) is 5.69 Å². The summed E-state index contributed by atoms with van der Waals surface area (Å²) in [6.07, 6.45) is 7.59. The number of aromatic nitrogens is 6. The van der Waals surface area contributed by atoms with Gasteiger partial charge in [0.15, 0.2) is 5.69 Å². The van der Waals surface area contributed by atoms with Gasteiger partial charge in [0.2, 0.25) is 5.91 Å². The quantitative estimate of drug-likeness (QED) is 0.0707. The number of nitrogens with one attached hydrogen (secondary N) is 2. The SMILES string of the molecule is Cn1c(C(N)=O)nc([N+](=O)[O-])c1C[N+](C)(C)C/C=C/C(=O)Nc1cc2c(Nc3ccc(OCc4ccccn4)c(Cl)c3)ncnc2cn1. The number of carbonyl (C=O) groups excluding carboxylic acids is 2. The Morgan fingerprint density at radius 3 is 2.67 bits per heavy atom. The van der Waals surface area contributed by atoms with Crippen molar-refractivity contribution in [3.8, 4) is 5.75 Å². The predicted molar refractivity (Wildman–Crippen MR) is 177 cm³/mol. The van der Waals surface area contributed by atoms with E-state index >= 15 is 0 Å². The van der Waals surface area contributed by atoms with Gasteiger partial charge in [0, 0.05) is 30.4 Å². The lowest BCUT2D eigenvalue weighted by Crippen LogP contribution is -2.39. The molecule has 0 aliphatic heterocycles. The summed E-state index contributed by atoms with van der Waals surface area (Å²) in [5.41, 5.74) is 7.52. The molecule has 4 aromatic heterocycles. The Labute approximate surface area is 279 Å². The second kappa shape index (κ2) is 14.2. The van der Waals surface area contributed by atoms with Crippen LogP contribution in [0.1, 0.15) is 22.0 Å². The number of nitrogens with two attached hydrogens (primary N) is 1. The number of pyridine rings is 2. The van der Waals surface area contributed by atoms with E-state index in [1.165, 1.54) is 30.2 Å². The number of nitrogens with zero attached hydrogens (tertiary/aromatic N) is 8. The summed E-state index contributed by atoms with van der Waals surface area (Å²) in [7, 11) is 5.13. The van der Waals surface area contributed by atoms with Gasteiger partial charge in [0.05, 0.1) is 43.1 Å². The molecule has 5 aromatic rings. The predicted octanol–water partition coefficient (Wildman–Crippen LogP) is 3.91. The van der Waals surface area contributed by atoms with Crippen LogP contribution < -0.4 is 21.1 Å². The van der Waals surface area contributed by atoms with Crippen LogP contribution in [0.3, 0.4) is 0 Å². The summed E-state index contributed by atoms with van der Waals surface area (Å²) in [6, 6.07) is 12.5. The molecule has 17 heteroatoms. The third-order valence-electron chi connectivity index (χ3n) is 7.10. The fourth-order valence-electron chi connectivity index (χ4n) is 4.74. The molecular weight excluding hydrogens is 642 g/mol. The number of ether oxygens (including phenoxy) is 1. The van der Waals surface area contributed by atoms with Crippen LogP contribution >= 0.6 is 11.6 Å². The summed E-state index contributed by atoms with van der Waals surface area (Å²) in [4.78, 5) is 56.3. The Morgan fingerprint density at radius 1 is 1.15 bits per heavy atom. The molecule has 0 saturated carbocycles. The van der Waals surface area contributed by atoms with Gasteiger partial charge in [-0.3, -0.25) is 19.1 Å². The van der Waals surface area contributed by atoms with Crippen LogP contribution in [-0.2, 0) is 25.0 Å². The Balaban J connectivity index is 1.23. The minimum absolute atomic E-state index is 0.146. The van der Waals surface area contributed by atoms with Crippen molar-refractivity contribution in [3.05, 3.63) is 106 Å². The first-order chi connectivity index (χ1) is 22.9. The van der Waals surface area contributed by atoms with Crippen molar-refractivity contribution in [2.24, 2.45) is 12.8 Å². The molecule has 4 heterocycles. The van der Waals surface area contributed by atoms with Crippen molar-refractivity contribution >= 4 is 57.5 Å². The van der Waals surface area contributed by atoms with Crippen LogP contribution in [0.5, 0.6) is 5.75 Å². The zero-order valence-electron chi connectivity index (χ0n) is 26.1. The number of nitro groups is 1. The third kappa shape index (κ3) is 8.04. The van der Waals surface area contributed by atoms with Crippen LogP contribution in [0.25, 0.3) is 10.9 Å². The number of imidazole rings is 1. The molecule has 5 rings (SSSR count). The molecule has 4 N–H and O–H groups in total. The van der Waals surface area contributed by atoms with E-state index in [1.54, 1.807) is 36.5 Å². The molecule has 0 spiro atoms. The molecule has 16 nitrogen and oxygen atoms in total. The van der Waals surface area contributed by atoms with Gasteiger partial charge < -0.3 is 35.7 Å². The topological polar surface area (TPSA) is 206 Å². The van der Waals surface area contributed by atoms with Crippen molar-refractivity contribution in [2.45, 2.75) is 13.2 Å². The number of amides is 2. The number of likely N-dealkylation sites (N-methyl/N-ethyl adjacent to an activating group) is 1. The van der Waals surface area contributed by atoms with E-state index in [4.69, 9.17) is 22.1 Å². The zero-order valence-corrected chi connectivity index (χ0v) is 26.9. The molecule has 0 aliphatic rings. The van der Waals surface area contributed by atoms with Crippen molar-refractivity contribution < 1.29 is 23.7 Å². The lowest BCUT2D eigenvalue weighted by atomic mass is 10.2. The van der Waals surface area contributed by atoms with E-state index < -0.39 is 22.6 Å². The molecular formula is C31H31ClN11O5+. The lowest BCUT2D eigenvalue weighted by Gasteiger charge is -2.28. The number of hydrogen-bond donors (Lipinski definition) is 3. The maximum atomic E-state index is 12.8. The maximum absolute atomic E-state index is 12.8. The summed E-state index contributed by atoms with van der Waals surface area (Å²) in [5.74, 6) is -0.720. The highest BCUT2D eigenvalue weighted by Crippen LogP contribution is 2.31. The smallest absolute Gasteiger partial charge is 0.391 e. The first kappa shape index (κ1) is 33.4. The Morgan fingerprint density at radius 2 is 1.96 bits per heavy atom. The highest BCUT2D eigenvalue weighted by Gasteiger charge is 2.32. The van der Waals surface area contributed by atoms with Gasteiger partial charge in [0.25, 0.3) is 0 Å². The molecule has 0 atom stereocenters. The van der Waals surface area contributed by atoms with Gasteiger partial charge in [-0.15, -0.1) is 0 Å². The van der Waals surface area contributed by atoms with E-state index in [1.807, 2.05) is 32.3 Å². The highest BCUT2D eigenvalue weighted by molar-refractivity contribution is 6.32.